The molecule has 0 bridgehead atoms. The van der Waals surface area contributed by atoms with Gasteiger partial charge in [-0.3, -0.25) is 14.4 Å². The van der Waals surface area contributed by atoms with Gasteiger partial charge in [-0.15, -0.1) is 6.58 Å². The van der Waals surface area contributed by atoms with Gasteiger partial charge in [0.25, 0.3) is 0 Å². The molecule has 2 aliphatic heterocycles. The minimum absolute atomic E-state index is 0.106. The minimum Gasteiger partial charge on any atom is -0.395 e. The number of ether oxygens (including phenoxy) is 1. The quantitative estimate of drug-likeness (QED) is 0.350. The summed E-state index contributed by atoms with van der Waals surface area (Å²) in [5.74, 6) is 3.30. The van der Waals surface area contributed by atoms with Crippen molar-refractivity contribution in [3.63, 3.8) is 0 Å². The zero-order valence-corrected chi connectivity index (χ0v) is 23.3. The second-order valence-corrected chi connectivity index (χ2v) is 11.3. The van der Waals surface area contributed by atoms with Crippen LogP contribution in [0.25, 0.3) is 28.1 Å². The smallest absolute Gasteiger partial charge is 0.239 e. The van der Waals surface area contributed by atoms with Gasteiger partial charge in [-0.1, -0.05) is 18.2 Å². The van der Waals surface area contributed by atoms with Crippen LogP contribution in [-0.2, 0) is 18.3 Å². The third-order valence-electron chi connectivity index (χ3n) is 9.01. The number of hydrogen-bond donors (Lipinski definition) is 1. The van der Waals surface area contributed by atoms with Crippen LogP contribution in [0.4, 0.5) is 5.82 Å². The van der Waals surface area contributed by atoms with Gasteiger partial charge in [-0.2, -0.15) is 9.97 Å². The van der Waals surface area contributed by atoms with Crippen molar-refractivity contribution in [1.29, 1.82) is 0 Å². The number of aromatic nitrogens is 6. The van der Waals surface area contributed by atoms with Crippen LogP contribution in [0, 0.1) is 12.3 Å². The summed E-state index contributed by atoms with van der Waals surface area (Å²) in [7, 11) is 2.06. The molecule has 11 nitrogen and oxygen atoms in total. The maximum atomic E-state index is 9.82. The number of piperazine rings is 1. The van der Waals surface area contributed by atoms with Crippen LogP contribution in [0.15, 0.2) is 36.9 Å². The lowest BCUT2D eigenvalue weighted by Crippen LogP contribution is -2.48. The number of aryl methyl sites for hydroxylation is 2. The Hall–Kier alpha value is -3.38. The summed E-state index contributed by atoms with van der Waals surface area (Å²) in [5, 5.41) is 9.82. The second-order valence-electron chi connectivity index (χ2n) is 11.3. The molecule has 0 spiro atoms. The molecule has 1 N–H and O–H groups in total. The van der Waals surface area contributed by atoms with Crippen molar-refractivity contribution in [2.45, 2.75) is 25.9 Å². The van der Waals surface area contributed by atoms with Crippen LogP contribution in [0.1, 0.15) is 18.1 Å². The Morgan fingerprint density at radius 2 is 1.82 bits per heavy atom. The van der Waals surface area contributed by atoms with Gasteiger partial charge < -0.3 is 19.3 Å². The molecule has 3 aromatic heterocycles. The molecule has 1 aromatic carbocycles. The number of hydrogen-bond acceptors (Lipinski definition) is 9. The van der Waals surface area contributed by atoms with Gasteiger partial charge in [-0.25, -0.2) is 9.97 Å². The molecule has 2 atom stereocenters. The lowest BCUT2D eigenvalue weighted by atomic mass is 10.1. The fourth-order valence-electron chi connectivity index (χ4n) is 6.40. The van der Waals surface area contributed by atoms with Crippen LogP contribution < -0.4 is 4.90 Å². The van der Waals surface area contributed by atoms with Crippen LogP contribution in [0.3, 0.4) is 0 Å². The monoisotopic (exact) mass is 543 g/mol. The van der Waals surface area contributed by atoms with Crippen molar-refractivity contribution < 1.29 is 9.84 Å². The highest BCUT2D eigenvalue weighted by Gasteiger charge is 2.54. The Balaban J connectivity index is 1.21. The van der Waals surface area contributed by atoms with Crippen molar-refractivity contribution in [1.82, 2.24) is 38.9 Å². The highest BCUT2D eigenvalue weighted by molar-refractivity contribution is 5.86. The topological polar surface area (TPSA) is 101 Å². The average Bonchev–Trinajstić information content (AvgIpc) is 3.52. The Morgan fingerprint density at radius 3 is 2.55 bits per heavy atom. The van der Waals surface area contributed by atoms with E-state index >= 15 is 0 Å². The zero-order chi connectivity index (χ0) is 27.4. The number of fused-ring (bicyclic) bond motifs is 2. The normalized spacial score (nSPS) is 24.3. The fraction of sp³-hybridized carbons (Fsp3) is 0.517. The molecule has 0 amide bonds. The second kappa shape index (κ2) is 9.91. The molecule has 7 rings (SSSR count). The number of anilines is 1. The van der Waals surface area contributed by atoms with E-state index in [-0.39, 0.29) is 12.0 Å². The highest BCUT2D eigenvalue weighted by Crippen LogP contribution is 2.50. The van der Waals surface area contributed by atoms with E-state index in [9.17, 15) is 5.11 Å². The number of rotatable bonds is 7. The summed E-state index contributed by atoms with van der Waals surface area (Å²) in [4.78, 5) is 27.3. The molecule has 3 fully saturated rings. The third-order valence-corrected chi connectivity index (χ3v) is 9.01. The summed E-state index contributed by atoms with van der Waals surface area (Å²) in [6.07, 6.45) is 2.95. The van der Waals surface area contributed by atoms with Gasteiger partial charge in [0, 0.05) is 57.8 Å². The van der Waals surface area contributed by atoms with E-state index in [1.807, 2.05) is 35.8 Å². The van der Waals surface area contributed by atoms with Crippen molar-refractivity contribution in [2.75, 3.05) is 64.0 Å². The zero-order valence-electron chi connectivity index (χ0n) is 23.3. The minimum atomic E-state index is -0.106. The van der Waals surface area contributed by atoms with Crippen LogP contribution in [0.5, 0.6) is 0 Å². The number of benzene rings is 1. The van der Waals surface area contributed by atoms with Crippen molar-refractivity contribution >= 4 is 28.0 Å². The largest absolute Gasteiger partial charge is 0.395 e. The molecule has 210 valence electrons. The third kappa shape index (κ3) is 4.19. The molecule has 4 aromatic rings. The first-order valence-corrected chi connectivity index (χ1v) is 14.2. The van der Waals surface area contributed by atoms with E-state index in [0.717, 1.165) is 91.9 Å². The number of aliphatic hydroxyl groups excluding tert-OH is 1. The Kier molecular flexibility index (Phi) is 6.34. The van der Waals surface area contributed by atoms with Crippen LogP contribution >= 0.6 is 0 Å². The fourth-order valence-corrected chi connectivity index (χ4v) is 6.40. The number of aliphatic hydroxyl groups is 1. The van der Waals surface area contributed by atoms with Gasteiger partial charge in [0.1, 0.15) is 11.6 Å². The average molecular weight is 544 g/mol. The Bertz CT molecular complexity index is 1560. The first-order chi connectivity index (χ1) is 19.5. The molecular formula is C29H37N9O2. The molecule has 40 heavy (non-hydrogen) atoms. The first kappa shape index (κ1) is 25.6. The number of imidazole rings is 2. The maximum Gasteiger partial charge on any atom is 0.239 e. The predicted molar refractivity (Wildman–Crippen MR) is 154 cm³/mol. The maximum absolute atomic E-state index is 9.82. The lowest BCUT2D eigenvalue weighted by molar-refractivity contribution is 0.102. The van der Waals surface area contributed by atoms with E-state index in [2.05, 4.69) is 39.0 Å². The lowest BCUT2D eigenvalue weighted by Gasteiger charge is -2.35. The van der Waals surface area contributed by atoms with Gasteiger partial charge in [0.05, 0.1) is 37.4 Å². The Morgan fingerprint density at radius 1 is 1.05 bits per heavy atom. The molecule has 2 saturated heterocycles. The predicted octanol–water partition coefficient (Wildman–Crippen LogP) is 1.90. The van der Waals surface area contributed by atoms with Crippen LogP contribution in [-0.4, -0.2) is 109 Å². The standard InChI is InChI=1S/C29H37N9O2/c1-4-29(19-39)17-23(29)36-11-9-35(10-12-36)18-24-31-25-26(34(24)3)32-28(33-27(25)37-13-15-40-16-14-37)38-20(2)30-21-7-5-6-8-22(21)38/h4-8,23,39H,1,9-19H2,2-3H3. The van der Waals surface area contributed by atoms with Crippen LogP contribution in [0.2, 0.25) is 0 Å². The van der Waals surface area contributed by atoms with E-state index in [0.29, 0.717) is 25.2 Å². The molecule has 1 saturated carbocycles. The molecule has 3 aliphatic rings. The number of para-hydroxylation sites is 2. The molecule has 11 heteroatoms. The van der Waals surface area contributed by atoms with E-state index < -0.39 is 0 Å². The van der Waals surface area contributed by atoms with E-state index in [1.54, 1.807) is 0 Å². The summed E-state index contributed by atoms with van der Waals surface area (Å²) >= 11 is 0. The molecular weight excluding hydrogens is 506 g/mol. The molecule has 1 aliphatic carbocycles. The summed E-state index contributed by atoms with van der Waals surface area (Å²) < 4.78 is 9.81. The van der Waals surface area contributed by atoms with Crippen molar-refractivity contribution in [2.24, 2.45) is 12.5 Å². The van der Waals surface area contributed by atoms with Gasteiger partial charge in [0.15, 0.2) is 17.0 Å². The highest BCUT2D eigenvalue weighted by atomic mass is 16.5. The van der Waals surface area contributed by atoms with E-state index in [1.165, 1.54) is 0 Å². The van der Waals surface area contributed by atoms with Gasteiger partial charge >= 0.3 is 0 Å². The molecule has 5 heterocycles. The molecule has 0 radical (unpaired) electrons. The number of morpholine rings is 1. The van der Waals surface area contributed by atoms with E-state index in [4.69, 9.17) is 24.7 Å². The summed E-state index contributed by atoms with van der Waals surface area (Å²) in [6.45, 7) is 13.7. The van der Waals surface area contributed by atoms with Gasteiger partial charge in [0.2, 0.25) is 5.95 Å². The number of nitrogens with zero attached hydrogens (tertiary/aromatic N) is 9. The summed E-state index contributed by atoms with van der Waals surface area (Å²) in [5.41, 5.74) is 3.47. The van der Waals surface area contributed by atoms with Crippen molar-refractivity contribution in [3.8, 4) is 5.95 Å². The first-order valence-electron chi connectivity index (χ1n) is 14.2. The Labute approximate surface area is 233 Å². The molecule has 2 unspecified atom stereocenters. The SMILES string of the molecule is C=CC1(CO)CC1N1CCN(Cc2nc3c(N4CCOCC4)nc(-n4c(C)nc5ccccc54)nc3n2C)CC1. The van der Waals surface area contributed by atoms with Crippen molar-refractivity contribution in [3.05, 3.63) is 48.6 Å². The summed E-state index contributed by atoms with van der Waals surface area (Å²) in [6, 6.07) is 8.52. The van der Waals surface area contributed by atoms with Gasteiger partial charge in [-0.05, 0) is 25.5 Å².